The van der Waals surface area contributed by atoms with Crippen molar-refractivity contribution in [3.8, 4) is 0 Å². The first-order chi connectivity index (χ1) is 14.1. The molecule has 0 radical (unpaired) electrons. The van der Waals surface area contributed by atoms with Gasteiger partial charge in [0.25, 0.3) is 0 Å². The van der Waals surface area contributed by atoms with E-state index >= 15 is 0 Å². The number of carbonyl (C=O) groups is 3. The number of ketones is 1. The lowest BCUT2D eigenvalue weighted by atomic mass is 9.73. The van der Waals surface area contributed by atoms with Gasteiger partial charge >= 0.3 is 11.9 Å². The van der Waals surface area contributed by atoms with E-state index in [1.165, 1.54) is 7.11 Å². The Kier molecular flexibility index (Phi) is 7.64. The highest BCUT2D eigenvalue weighted by atomic mass is 16.6. The molecule has 1 unspecified atom stereocenters. The molecule has 0 amide bonds. The Bertz CT molecular complexity index is 683. The fourth-order valence-corrected chi connectivity index (χ4v) is 4.56. The zero-order valence-electron chi connectivity index (χ0n) is 20.5. The molecule has 0 spiro atoms. The summed E-state index contributed by atoms with van der Waals surface area (Å²) >= 11 is 0. The molecule has 0 aliphatic carbocycles. The maximum atomic E-state index is 12.8. The fraction of sp³-hybridized carbons (Fsp3) is 0.875. The van der Waals surface area contributed by atoms with E-state index < -0.39 is 16.6 Å². The van der Waals surface area contributed by atoms with Crippen LogP contribution in [0.1, 0.15) is 87.0 Å². The molecule has 178 valence electrons. The van der Waals surface area contributed by atoms with Crippen molar-refractivity contribution in [1.29, 1.82) is 0 Å². The predicted octanol–water partition coefficient (Wildman–Crippen LogP) is 4.00. The van der Waals surface area contributed by atoms with Crippen LogP contribution in [0.25, 0.3) is 0 Å². The molecule has 7 nitrogen and oxygen atoms in total. The first-order valence-corrected chi connectivity index (χ1v) is 11.3. The number of hydrogen-bond donors (Lipinski definition) is 0. The molecule has 0 N–H and O–H groups in total. The highest BCUT2D eigenvalue weighted by Crippen LogP contribution is 2.43. The lowest BCUT2D eigenvalue weighted by molar-refractivity contribution is -0.200. The van der Waals surface area contributed by atoms with E-state index in [0.717, 1.165) is 12.8 Å². The van der Waals surface area contributed by atoms with Gasteiger partial charge in [-0.25, -0.2) is 0 Å². The summed E-state index contributed by atoms with van der Waals surface area (Å²) in [6.07, 6.45) is 2.77. The molecule has 0 bridgehead atoms. The second kappa shape index (κ2) is 9.18. The summed E-state index contributed by atoms with van der Waals surface area (Å²) in [5.41, 5.74) is -2.59. The summed E-state index contributed by atoms with van der Waals surface area (Å²) < 4.78 is 22.7. The van der Waals surface area contributed by atoms with Crippen molar-refractivity contribution in [2.24, 2.45) is 11.3 Å². The number of hydrogen-bond acceptors (Lipinski definition) is 7. The summed E-state index contributed by atoms with van der Waals surface area (Å²) in [4.78, 5) is 36.4. The van der Waals surface area contributed by atoms with Crippen LogP contribution in [0.3, 0.4) is 0 Å². The number of cyclic esters (lactones) is 1. The number of Topliss-reactive ketones (excluding diaryl/α,β-unsaturated/α-hetero) is 1. The monoisotopic (exact) mass is 440 g/mol. The minimum absolute atomic E-state index is 0.0281. The summed E-state index contributed by atoms with van der Waals surface area (Å²) in [5.74, 6) is -0.507. The van der Waals surface area contributed by atoms with Gasteiger partial charge < -0.3 is 18.9 Å². The van der Waals surface area contributed by atoms with E-state index in [1.54, 1.807) is 0 Å². The number of rotatable bonds is 10. The molecule has 0 aromatic carbocycles. The Morgan fingerprint density at radius 2 is 1.77 bits per heavy atom. The largest absolute Gasteiger partial charge is 0.469 e. The van der Waals surface area contributed by atoms with Gasteiger partial charge in [0.1, 0.15) is 5.60 Å². The van der Waals surface area contributed by atoms with E-state index in [9.17, 15) is 14.4 Å². The summed E-state index contributed by atoms with van der Waals surface area (Å²) in [6.45, 7) is 14.0. The number of carbonyl (C=O) groups excluding carboxylic acids is 3. The Labute approximate surface area is 186 Å². The third-order valence-corrected chi connectivity index (χ3v) is 6.55. The molecular formula is C24H40O7. The number of methoxy groups -OCH3 is 1. The van der Waals surface area contributed by atoms with Gasteiger partial charge in [0.15, 0.2) is 11.4 Å². The Morgan fingerprint density at radius 1 is 1.16 bits per heavy atom. The van der Waals surface area contributed by atoms with E-state index in [0.29, 0.717) is 19.4 Å². The molecule has 2 saturated heterocycles. The van der Waals surface area contributed by atoms with Crippen molar-refractivity contribution in [2.45, 2.75) is 110 Å². The summed E-state index contributed by atoms with van der Waals surface area (Å²) in [7, 11) is 1.38. The Hall–Kier alpha value is -1.47. The van der Waals surface area contributed by atoms with Gasteiger partial charge in [-0.2, -0.15) is 0 Å². The van der Waals surface area contributed by atoms with Gasteiger partial charge in [0.05, 0.1) is 31.7 Å². The topological polar surface area (TPSA) is 88.1 Å². The third-order valence-electron chi connectivity index (χ3n) is 6.55. The molecule has 4 atom stereocenters. The zero-order chi connectivity index (χ0) is 23.7. The van der Waals surface area contributed by atoms with Crippen LogP contribution in [-0.4, -0.2) is 54.3 Å². The smallest absolute Gasteiger partial charge is 0.311 e. The van der Waals surface area contributed by atoms with Gasteiger partial charge in [-0.1, -0.05) is 27.7 Å². The summed E-state index contributed by atoms with van der Waals surface area (Å²) in [6, 6.07) is 0. The van der Waals surface area contributed by atoms with Gasteiger partial charge in [-0.05, 0) is 52.4 Å². The first kappa shape index (κ1) is 25.8. The van der Waals surface area contributed by atoms with Crippen LogP contribution in [0, 0.1) is 11.3 Å². The molecule has 2 aliphatic rings. The molecule has 2 fully saturated rings. The van der Waals surface area contributed by atoms with Gasteiger partial charge in [-0.3, -0.25) is 14.4 Å². The van der Waals surface area contributed by atoms with Crippen LogP contribution in [0.4, 0.5) is 0 Å². The van der Waals surface area contributed by atoms with Crippen LogP contribution in [0.15, 0.2) is 0 Å². The molecule has 0 saturated carbocycles. The van der Waals surface area contributed by atoms with Crippen LogP contribution in [0.2, 0.25) is 0 Å². The third kappa shape index (κ3) is 6.07. The molecule has 0 aromatic rings. The van der Waals surface area contributed by atoms with Crippen LogP contribution < -0.4 is 0 Å². The highest BCUT2D eigenvalue weighted by molar-refractivity contribution is 6.00. The minimum atomic E-state index is -1.00. The van der Waals surface area contributed by atoms with E-state index in [-0.39, 0.29) is 48.2 Å². The predicted molar refractivity (Wildman–Crippen MR) is 115 cm³/mol. The normalized spacial score (nSPS) is 29.6. The van der Waals surface area contributed by atoms with Crippen molar-refractivity contribution >= 4 is 17.7 Å². The number of esters is 2. The van der Waals surface area contributed by atoms with E-state index in [2.05, 4.69) is 6.92 Å². The lowest BCUT2D eigenvalue weighted by Crippen LogP contribution is -2.57. The highest BCUT2D eigenvalue weighted by Gasteiger charge is 2.55. The van der Waals surface area contributed by atoms with Crippen molar-refractivity contribution < 1.29 is 33.3 Å². The molecule has 2 rings (SSSR count). The van der Waals surface area contributed by atoms with Crippen LogP contribution in [-0.2, 0) is 33.3 Å². The van der Waals surface area contributed by atoms with Crippen molar-refractivity contribution in [2.75, 3.05) is 13.7 Å². The molecule has 0 aromatic heterocycles. The van der Waals surface area contributed by atoms with Gasteiger partial charge in [0, 0.05) is 12.0 Å². The van der Waals surface area contributed by atoms with E-state index in [1.807, 2.05) is 41.5 Å². The molecular weight excluding hydrogens is 400 g/mol. The summed E-state index contributed by atoms with van der Waals surface area (Å²) in [5, 5.41) is 0. The molecule has 2 heterocycles. The second-order valence-corrected chi connectivity index (χ2v) is 11.0. The second-order valence-electron chi connectivity index (χ2n) is 11.0. The van der Waals surface area contributed by atoms with Crippen molar-refractivity contribution in [1.82, 2.24) is 0 Å². The molecule has 2 aliphatic heterocycles. The average Bonchev–Trinajstić information content (AvgIpc) is 2.96. The van der Waals surface area contributed by atoms with Gasteiger partial charge in [-0.15, -0.1) is 0 Å². The quantitative estimate of drug-likeness (QED) is 0.474. The SMILES string of the molecule is COC(=O)C[C@@]1([C@@H](C)OCC(C)CC[C@]2(C(=O)C(C)(C)C)CC(=O)O2)CCC(C)(C)O1. The zero-order valence-corrected chi connectivity index (χ0v) is 20.5. The fourth-order valence-electron chi connectivity index (χ4n) is 4.56. The van der Waals surface area contributed by atoms with Crippen molar-refractivity contribution in [3.05, 3.63) is 0 Å². The van der Waals surface area contributed by atoms with Crippen LogP contribution >= 0.6 is 0 Å². The molecule has 31 heavy (non-hydrogen) atoms. The van der Waals surface area contributed by atoms with Crippen LogP contribution in [0.5, 0.6) is 0 Å². The molecule has 7 heteroatoms. The van der Waals surface area contributed by atoms with Gasteiger partial charge in [0.2, 0.25) is 0 Å². The average molecular weight is 441 g/mol. The minimum Gasteiger partial charge on any atom is -0.469 e. The van der Waals surface area contributed by atoms with E-state index in [4.69, 9.17) is 18.9 Å². The maximum absolute atomic E-state index is 12.8. The van der Waals surface area contributed by atoms with Crippen molar-refractivity contribution in [3.63, 3.8) is 0 Å². The first-order valence-electron chi connectivity index (χ1n) is 11.3. The standard InChI is InChI=1S/C24H40O7/c1-16(9-10-24(14-19(26)30-24)20(27)21(3,4)5)15-29-17(2)23(13-18(25)28-8)12-11-22(6,7)31-23/h16-17H,9-15H2,1-8H3/t16?,17-,23-,24-/m1/s1. The lowest BCUT2D eigenvalue weighted by Gasteiger charge is -2.43. The Morgan fingerprint density at radius 3 is 2.23 bits per heavy atom. The Balaban J connectivity index is 1.94. The maximum Gasteiger partial charge on any atom is 0.311 e. The number of ether oxygens (including phenoxy) is 4.